The van der Waals surface area contributed by atoms with Gasteiger partial charge >= 0.3 is 0 Å². The third-order valence-corrected chi connectivity index (χ3v) is 4.83. The molecular formula is C21H22BrClNO-. The van der Waals surface area contributed by atoms with E-state index in [2.05, 4.69) is 63.3 Å². The topological polar surface area (TPSA) is 23.5 Å². The summed E-state index contributed by atoms with van der Waals surface area (Å²) in [5, 5.41) is 10.3. The molecule has 0 spiro atoms. The molecule has 1 N–H and O–H groups in total. The number of β-amino-alcohol motifs (C(OH)–C–C–N with tert-alkyl or cyclic N) is 1. The van der Waals surface area contributed by atoms with Crippen molar-refractivity contribution in [1.29, 1.82) is 0 Å². The standard InChI is InChI=1S/C21H22BrNO.ClH/c22-20-10-8-17(9-11-20)6-7-18-12-14-23(15-13-18)16-21(24)19-4-2-1-3-5-19;/h1-12,21,24H,13-16H2;1H/p-1/b7-6+;. The van der Waals surface area contributed by atoms with Crippen molar-refractivity contribution in [2.24, 2.45) is 0 Å². The first-order valence-electron chi connectivity index (χ1n) is 8.29. The summed E-state index contributed by atoms with van der Waals surface area (Å²) in [7, 11) is 0. The van der Waals surface area contributed by atoms with Gasteiger partial charge in [0.1, 0.15) is 0 Å². The van der Waals surface area contributed by atoms with Crippen molar-refractivity contribution in [2.75, 3.05) is 19.6 Å². The lowest BCUT2D eigenvalue weighted by atomic mass is 10.0. The summed E-state index contributed by atoms with van der Waals surface area (Å²) in [5.74, 6) is 0. The van der Waals surface area contributed by atoms with Gasteiger partial charge in [0, 0.05) is 24.1 Å². The van der Waals surface area contributed by atoms with Gasteiger partial charge in [0.2, 0.25) is 0 Å². The number of nitrogens with zero attached hydrogens (tertiary/aromatic N) is 1. The Bertz CT molecular complexity index is 712. The second-order valence-electron chi connectivity index (χ2n) is 6.10. The zero-order valence-electron chi connectivity index (χ0n) is 14.0. The summed E-state index contributed by atoms with van der Waals surface area (Å²) in [6, 6.07) is 18.2. The van der Waals surface area contributed by atoms with Crippen LogP contribution in [0, 0.1) is 0 Å². The zero-order chi connectivity index (χ0) is 16.8. The van der Waals surface area contributed by atoms with E-state index in [4.69, 9.17) is 0 Å². The summed E-state index contributed by atoms with van der Waals surface area (Å²) < 4.78 is 1.10. The summed E-state index contributed by atoms with van der Waals surface area (Å²) >= 11 is 3.45. The van der Waals surface area contributed by atoms with Crippen molar-refractivity contribution in [2.45, 2.75) is 12.5 Å². The molecule has 0 amide bonds. The number of hydrogen-bond acceptors (Lipinski definition) is 2. The fourth-order valence-electron chi connectivity index (χ4n) is 2.85. The maximum Gasteiger partial charge on any atom is 0.0917 e. The Kier molecular flexibility index (Phi) is 7.91. The van der Waals surface area contributed by atoms with E-state index in [1.807, 2.05) is 30.3 Å². The summed E-state index contributed by atoms with van der Waals surface area (Å²) in [6.45, 7) is 2.56. The third-order valence-electron chi connectivity index (χ3n) is 4.30. The molecule has 3 rings (SSSR count). The highest BCUT2D eigenvalue weighted by molar-refractivity contribution is 9.10. The summed E-state index contributed by atoms with van der Waals surface area (Å²) in [4.78, 5) is 2.30. The van der Waals surface area contributed by atoms with Crippen LogP contribution in [0.2, 0.25) is 0 Å². The van der Waals surface area contributed by atoms with Crippen molar-refractivity contribution in [3.8, 4) is 0 Å². The first-order chi connectivity index (χ1) is 11.7. The summed E-state index contributed by atoms with van der Waals surface area (Å²) in [5.41, 5.74) is 3.56. The lowest BCUT2D eigenvalue weighted by molar-refractivity contribution is -0.00000662. The van der Waals surface area contributed by atoms with Crippen molar-refractivity contribution in [1.82, 2.24) is 4.90 Å². The van der Waals surface area contributed by atoms with Crippen LogP contribution in [0.5, 0.6) is 0 Å². The highest BCUT2D eigenvalue weighted by atomic mass is 79.9. The number of hydrogen-bond donors (Lipinski definition) is 1. The second-order valence-corrected chi connectivity index (χ2v) is 7.02. The van der Waals surface area contributed by atoms with Crippen LogP contribution >= 0.6 is 15.9 Å². The van der Waals surface area contributed by atoms with Crippen LogP contribution in [0.4, 0.5) is 0 Å². The molecule has 4 heteroatoms. The largest absolute Gasteiger partial charge is 1.00 e. The molecule has 2 nitrogen and oxygen atoms in total. The Morgan fingerprint density at radius 2 is 1.76 bits per heavy atom. The van der Waals surface area contributed by atoms with E-state index in [9.17, 15) is 5.11 Å². The van der Waals surface area contributed by atoms with Gasteiger partial charge < -0.3 is 17.5 Å². The van der Waals surface area contributed by atoms with Gasteiger partial charge in [-0.1, -0.05) is 76.6 Å². The zero-order valence-corrected chi connectivity index (χ0v) is 16.3. The molecule has 0 bridgehead atoms. The highest BCUT2D eigenvalue weighted by Gasteiger charge is 2.15. The van der Waals surface area contributed by atoms with E-state index in [1.165, 1.54) is 11.1 Å². The Morgan fingerprint density at radius 3 is 2.40 bits per heavy atom. The molecule has 0 radical (unpaired) electrons. The first-order valence-corrected chi connectivity index (χ1v) is 9.08. The minimum Gasteiger partial charge on any atom is -1.00 e. The van der Waals surface area contributed by atoms with Crippen LogP contribution in [0.1, 0.15) is 23.7 Å². The molecule has 1 unspecified atom stereocenters. The van der Waals surface area contributed by atoms with Crippen LogP contribution in [-0.4, -0.2) is 29.6 Å². The van der Waals surface area contributed by atoms with E-state index in [1.54, 1.807) is 0 Å². The Hall–Kier alpha value is -1.39. The maximum absolute atomic E-state index is 10.3. The Balaban J connectivity index is 0.00000225. The van der Waals surface area contributed by atoms with Crippen molar-refractivity contribution in [3.63, 3.8) is 0 Å². The van der Waals surface area contributed by atoms with Crippen LogP contribution in [0.25, 0.3) is 6.08 Å². The minimum absolute atomic E-state index is 0. The van der Waals surface area contributed by atoms with Crippen molar-refractivity contribution in [3.05, 3.63) is 87.9 Å². The van der Waals surface area contributed by atoms with E-state index >= 15 is 0 Å². The number of halogens is 2. The molecule has 2 aromatic carbocycles. The molecule has 0 fully saturated rings. The smallest absolute Gasteiger partial charge is 0.0917 e. The van der Waals surface area contributed by atoms with E-state index in [0.29, 0.717) is 6.54 Å². The molecule has 132 valence electrons. The van der Waals surface area contributed by atoms with Gasteiger partial charge in [-0.15, -0.1) is 0 Å². The van der Waals surface area contributed by atoms with Crippen LogP contribution in [0.3, 0.4) is 0 Å². The fourth-order valence-corrected chi connectivity index (χ4v) is 3.11. The first kappa shape index (κ1) is 19.9. The number of allylic oxidation sites excluding steroid dienone is 1. The summed E-state index contributed by atoms with van der Waals surface area (Å²) in [6.07, 6.45) is 7.23. The molecule has 0 aliphatic carbocycles. The number of aliphatic hydroxyl groups excluding tert-OH is 1. The number of aliphatic hydroxyl groups is 1. The minimum atomic E-state index is -0.417. The van der Waals surface area contributed by atoms with Gasteiger partial charge in [0.05, 0.1) is 6.10 Å². The van der Waals surface area contributed by atoms with Gasteiger partial charge in [0.25, 0.3) is 0 Å². The van der Waals surface area contributed by atoms with Gasteiger partial charge in [0.15, 0.2) is 0 Å². The average Bonchev–Trinajstić information content (AvgIpc) is 2.63. The highest BCUT2D eigenvalue weighted by Crippen LogP contribution is 2.19. The SMILES string of the molecule is OC(CN1CC=C(/C=C/c2ccc(Br)cc2)CC1)c1ccccc1.[Cl-]. The molecule has 2 aromatic rings. The number of rotatable bonds is 5. The van der Waals surface area contributed by atoms with E-state index in [0.717, 1.165) is 29.5 Å². The lowest BCUT2D eigenvalue weighted by Gasteiger charge is -2.27. The fraction of sp³-hybridized carbons (Fsp3) is 0.238. The van der Waals surface area contributed by atoms with Gasteiger partial charge in [-0.3, -0.25) is 4.90 Å². The van der Waals surface area contributed by atoms with Crippen molar-refractivity contribution >= 4 is 22.0 Å². The van der Waals surface area contributed by atoms with E-state index < -0.39 is 6.10 Å². The molecule has 0 saturated carbocycles. The van der Waals surface area contributed by atoms with Crippen molar-refractivity contribution < 1.29 is 17.5 Å². The second kappa shape index (κ2) is 9.93. The molecule has 0 aromatic heterocycles. The molecule has 0 saturated heterocycles. The number of benzene rings is 2. The predicted molar refractivity (Wildman–Crippen MR) is 104 cm³/mol. The maximum atomic E-state index is 10.3. The normalized spacial score (nSPS) is 16.3. The Morgan fingerprint density at radius 1 is 1.04 bits per heavy atom. The monoisotopic (exact) mass is 418 g/mol. The molecule has 1 aliphatic rings. The van der Waals surface area contributed by atoms with Gasteiger partial charge in [-0.25, -0.2) is 0 Å². The predicted octanol–water partition coefficient (Wildman–Crippen LogP) is 1.83. The molecular weight excluding hydrogens is 398 g/mol. The van der Waals surface area contributed by atoms with Gasteiger partial charge in [-0.2, -0.15) is 0 Å². The average molecular weight is 420 g/mol. The quantitative estimate of drug-likeness (QED) is 0.799. The lowest BCUT2D eigenvalue weighted by Crippen LogP contribution is -3.00. The van der Waals surface area contributed by atoms with Crippen LogP contribution in [0.15, 0.2) is 76.8 Å². The molecule has 1 atom stereocenters. The van der Waals surface area contributed by atoms with Crippen LogP contribution < -0.4 is 12.4 Å². The molecule has 1 heterocycles. The molecule has 1 aliphatic heterocycles. The van der Waals surface area contributed by atoms with Crippen LogP contribution in [-0.2, 0) is 0 Å². The van der Waals surface area contributed by atoms with Gasteiger partial charge in [-0.05, 0) is 35.3 Å². The third kappa shape index (κ3) is 6.12. The molecule has 25 heavy (non-hydrogen) atoms. The van der Waals surface area contributed by atoms with E-state index in [-0.39, 0.29) is 12.4 Å². The Labute approximate surface area is 164 Å².